The molecule has 24 heavy (non-hydrogen) atoms. The van der Waals surface area contributed by atoms with E-state index < -0.39 is 5.54 Å². The molecule has 0 radical (unpaired) electrons. The highest BCUT2D eigenvalue weighted by molar-refractivity contribution is 5.86. The molecule has 1 amide bonds. The van der Waals surface area contributed by atoms with E-state index in [0.29, 0.717) is 25.2 Å². The maximum Gasteiger partial charge on any atom is 0.292 e. The van der Waals surface area contributed by atoms with E-state index in [1.54, 1.807) is 12.1 Å². The maximum atomic E-state index is 12.3. The van der Waals surface area contributed by atoms with Crippen molar-refractivity contribution in [1.82, 2.24) is 10.6 Å². The van der Waals surface area contributed by atoms with Crippen molar-refractivity contribution in [3.63, 3.8) is 0 Å². The summed E-state index contributed by atoms with van der Waals surface area (Å²) in [6.07, 6.45) is 3.40. The summed E-state index contributed by atoms with van der Waals surface area (Å²) >= 11 is 0. The molecule has 1 aliphatic heterocycles. The third-order valence-corrected chi connectivity index (χ3v) is 4.59. The minimum Gasteiger partial charge on any atom is -0.379 e. The Balaban J connectivity index is 1.77. The van der Waals surface area contributed by atoms with Crippen molar-refractivity contribution < 1.29 is 9.72 Å². The molecule has 1 aromatic rings. The Morgan fingerprint density at radius 2 is 2.21 bits per heavy atom. The van der Waals surface area contributed by atoms with Crippen LogP contribution in [0.5, 0.6) is 0 Å². The molecule has 0 bridgehead atoms. The van der Waals surface area contributed by atoms with Crippen LogP contribution < -0.4 is 16.0 Å². The van der Waals surface area contributed by atoms with Crippen molar-refractivity contribution in [2.45, 2.75) is 45.1 Å². The Morgan fingerprint density at radius 1 is 1.42 bits per heavy atom. The third kappa shape index (κ3) is 4.23. The molecule has 1 saturated heterocycles. The molecule has 1 aromatic carbocycles. The number of amides is 1. The van der Waals surface area contributed by atoms with E-state index >= 15 is 0 Å². The summed E-state index contributed by atoms with van der Waals surface area (Å²) in [5.41, 5.74) is 1.04. The van der Waals surface area contributed by atoms with Gasteiger partial charge in [0.05, 0.1) is 10.5 Å². The van der Waals surface area contributed by atoms with Crippen LogP contribution in [0.1, 0.15) is 38.2 Å². The summed E-state index contributed by atoms with van der Waals surface area (Å²) in [7, 11) is 0. The number of carbonyl (C=O) groups excluding carboxylic acids is 1. The highest BCUT2D eigenvalue weighted by Crippen LogP contribution is 2.25. The first-order valence-corrected chi connectivity index (χ1v) is 8.51. The lowest BCUT2D eigenvalue weighted by atomic mass is 9.93. The number of nitrogens with one attached hydrogen (secondary N) is 3. The van der Waals surface area contributed by atoms with Gasteiger partial charge in [0, 0.05) is 19.2 Å². The fraction of sp³-hybridized carbons (Fsp3) is 0.588. The zero-order chi connectivity index (χ0) is 17.6. The summed E-state index contributed by atoms with van der Waals surface area (Å²) in [5, 5.41) is 20.4. The van der Waals surface area contributed by atoms with Gasteiger partial charge in [-0.3, -0.25) is 14.9 Å². The highest BCUT2D eigenvalue weighted by Gasteiger charge is 2.38. The van der Waals surface area contributed by atoms with Crippen molar-refractivity contribution >= 4 is 17.3 Å². The van der Waals surface area contributed by atoms with Gasteiger partial charge in [-0.05, 0) is 50.8 Å². The average molecular weight is 334 g/mol. The first-order valence-electron chi connectivity index (χ1n) is 8.51. The number of benzene rings is 1. The van der Waals surface area contributed by atoms with Gasteiger partial charge in [-0.15, -0.1) is 0 Å². The van der Waals surface area contributed by atoms with Crippen molar-refractivity contribution in [2.24, 2.45) is 0 Å². The van der Waals surface area contributed by atoms with Gasteiger partial charge in [0.2, 0.25) is 5.91 Å². The van der Waals surface area contributed by atoms with Crippen molar-refractivity contribution in [3.05, 3.63) is 33.9 Å². The monoisotopic (exact) mass is 334 g/mol. The summed E-state index contributed by atoms with van der Waals surface area (Å²) in [5.74, 6) is 0.0591. The fourth-order valence-corrected chi connectivity index (χ4v) is 3.09. The summed E-state index contributed by atoms with van der Waals surface area (Å²) in [6, 6.07) is 5.12. The van der Waals surface area contributed by atoms with E-state index in [2.05, 4.69) is 16.0 Å². The molecule has 1 atom stereocenters. The highest BCUT2D eigenvalue weighted by atomic mass is 16.6. The summed E-state index contributed by atoms with van der Waals surface area (Å²) < 4.78 is 0. The predicted octanol–water partition coefficient (Wildman–Crippen LogP) is 2.35. The van der Waals surface area contributed by atoms with E-state index in [9.17, 15) is 14.9 Å². The molecule has 7 nitrogen and oxygen atoms in total. The topological polar surface area (TPSA) is 96.3 Å². The molecule has 0 saturated carbocycles. The van der Waals surface area contributed by atoms with E-state index in [4.69, 9.17) is 0 Å². The van der Waals surface area contributed by atoms with E-state index in [0.717, 1.165) is 31.4 Å². The quantitative estimate of drug-likeness (QED) is 0.385. The van der Waals surface area contributed by atoms with Crippen LogP contribution in [0.4, 0.5) is 11.4 Å². The molecule has 1 unspecified atom stereocenters. The Labute approximate surface area is 142 Å². The number of anilines is 1. The third-order valence-electron chi connectivity index (χ3n) is 4.59. The molecular weight excluding hydrogens is 308 g/mol. The fourth-order valence-electron chi connectivity index (χ4n) is 3.09. The zero-order valence-electron chi connectivity index (χ0n) is 14.4. The summed E-state index contributed by atoms with van der Waals surface area (Å²) in [6.45, 7) is 5.86. The minimum absolute atomic E-state index is 0.0591. The molecular formula is C17H26N4O3. The van der Waals surface area contributed by atoms with Crippen LogP contribution in [-0.2, 0) is 4.79 Å². The maximum absolute atomic E-state index is 12.3. The van der Waals surface area contributed by atoms with Gasteiger partial charge >= 0.3 is 0 Å². The number of aryl methyl sites for hydroxylation is 1. The largest absolute Gasteiger partial charge is 0.379 e. The molecule has 2 rings (SSSR count). The molecule has 1 aliphatic rings. The van der Waals surface area contributed by atoms with E-state index in [1.807, 2.05) is 19.9 Å². The molecule has 1 fully saturated rings. The lowest BCUT2D eigenvalue weighted by Crippen LogP contribution is -2.53. The van der Waals surface area contributed by atoms with Gasteiger partial charge in [-0.1, -0.05) is 13.0 Å². The normalized spacial score (nSPS) is 19.9. The molecule has 0 aromatic heterocycles. The van der Waals surface area contributed by atoms with E-state index in [1.165, 1.54) is 0 Å². The van der Waals surface area contributed by atoms with Crippen molar-refractivity contribution in [3.8, 4) is 0 Å². The number of nitrogens with zero attached hydrogens (tertiary/aromatic N) is 1. The summed E-state index contributed by atoms with van der Waals surface area (Å²) in [4.78, 5) is 23.0. The Bertz CT molecular complexity index is 597. The molecule has 0 aliphatic carbocycles. The standard InChI is InChI=1S/C17H26N4O3/c1-3-17(8-4-11-20-17)16(22)19-10-5-9-18-14-7-6-13(2)12-15(14)21(23)24/h6-7,12,18,20H,3-5,8-11H2,1-2H3,(H,19,22). The number of hydrogen-bond donors (Lipinski definition) is 3. The van der Waals surface area contributed by atoms with Crippen LogP contribution in [0, 0.1) is 17.0 Å². The second kappa shape index (κ2) is 8.10. The first-order chi connectivity index (χ1) is 11.5. The van der Waals surface area contributed by atoms with Crippen LogP contribution in [0.2, 0.25) is 0 Å². The Morgan fingerprint density at radius 3 is 2.83 bits per heavy atom. The first kappa shape index (κ1) is 18.2. The van der Waals surface area contributed by atoms with Gasteiger partial charge in [-0.25, -0.2) is 0 Å². The van der Waals surface area contributed by atoms with Crippen LogP contribution in [-0.4, -0.2) is 36.0 Å². The molecule has 7 heteroatoms. The van der Waals surface area contributed by atoms with Gasteiger partial charge in [0.1, 0.15) is 5.69 Å². The zero-order valence-corrected chi connectivity index (χ0v) is 14.4. The van der Waals surface area contributed by atoms with Crippen LogP contribution >= 0.6 is 0 Å². The van der Waals surface area contributed by atoms with Gasteiger partial charge in [0.25, 0.3) is 5.69 Å². The number of nitro groups is 1. The Kier molecular flexibility index (Phi) is 6.14. The van der Waals surface area contributed by atoms with Crippen LogP contribution in [0.15, 0.2) is 18.2 Å². The van der Waals surface area contributed by atoms with Crippen LogP contribution in [0.25, 0.3) is 0 Å². The number of nitro benzene ring substituents is 1. The van der Waals surface area contributed by atoms with Gasteiger partial charge in [-0.2, -0.15) is 0 Å². The van der Waals surface area contributed by atoms with Crippen molar-refractivity contribution in [1.29, 1.82) is 0 Å². The predicted molar refractivity (Wildman–Crippen MR) is 94.2 cm³/mol. The van der Waals surface area contributed by atoms with Crippen LogP contribution in [0.3, 0.4) is 0 Å². The van der Waals surface area contributed by atoms with Gasteiger partial charge in [0.15, 0.2) is 0 Å². The smallest absolute Gasteiger partial charge is 0.292 e. The Hall–Kier alpha value is -2.15. The minimum atomic E-state index is -0.414. The van der Waals surface area contributed by atoms with Crippen molar-refractivity contribution in [2.75, 3.05) is 25.0 Å². The SMILES string of the molecule is CCC1(C(=O)NCCCNc2ccc(C)cc2[N+](=O)[O-])CCCN1. The number of rotatable bonds is 8. The molecule has 1 heterocycles. The number of carbonyl (C=O) groups is 1. The second-order valence-electron chi connectivity index (χ2n) is 6.28. The van der Waals surface area contributed by atoms with Gasteiger partial charge < -0.3 is 16.0 Å². The second-order valence-corrected chi connectivity index (χ2v) is 6.28. The molecule has 3 N–H and O–H groups in total. The molecule has 0 spiro atoms. The number of hydrogen-bond acceptors (Lipinski definition) is 5. The lowest BCUT2D eigenvalue weighted by Gasteiger charge is -2.26. The average Bonchev–Trinajstić information content (AvgIpc) is 3.05. The molecule has 132 valence electrons. The lowest BCUT2D eigenvalue weighted by molar-refractivity contribution is -0.384. The van der Waals surface area contributed by atoms with E-state index in [-0.39, 0.29) is 16.5 Å².